The largest absolute Gasteiger partial charge is 0.394 e. The van der Waals surface area contributed by atoms with Gasteiger partial charge in [-0.15, -0.1) is 0 Å². The second-order valence-electron chi connectivity index (χ2n) is 2.75. The second-order valence-corrected chi connectivity index (χ2v) is 2.93. The summed E-state index contributed by atoms with van der Waals surface area (Å²) < 4.78 is 4.35. The van der Waals surface area contributed by atoms with E-state index >= 15 is 0 Å². The van der Waals surface area contributed by atoms with Crippen LogP contribution in [0.5, 0.6) is 0 Å². The van der Waals surface area contributed by atoms with Crippen LogP contribution in [0, 0.1) is 5.92 Å². The molecule has 0 N–H and O–H groups in total. The fourth-order valence-electron chi connectivity index (χ4n) is 1.41. The van der Waals surface area contributed by atoms with E-state index in [1.807, 2.05) is 0 Å². The van der Waals surface area contributed by atoms with Crippen LogP contribution in [-0.4, -0.2) is 5.97 Å². The zero-order chi connectivity index (χ0) is 7.40. The van der Waals surface area contributed by atoms with E-state index in [4.69, 9.17) is 0 Å². The predicted octanol–water partition coefficient (Wildman–Crippen LogP) is 1.95. The van der Waals surface area contributed by atoms with Crippen LogP contribution in [0.1, 0.15) is 32.1 Å². The summed E-state index contributed by atoms with van der Waals surface area (Å²) in [6.07, 6.45) is 5.55. The standard InChI is InChI=1S/C7H12O2S/c8-7(9-10)6-4-2-1-3-5-6/h6,10H,1-5H2. The molecule has 0 saturated heterocycles. The molecular weight excluding hydrogens is 148 g/mol. The van der Waals surface area contributed by atoms with Crippen LogP contribution in [0.3, 0.4) is 0 Å². The number of thiol groups is 1. The van der Waals surface area contributed by atoms with E-state index in [2.05, 4.69) is 17.1 Å². The van der Waals surface area contributed by atoms with Gasteiger partial charge in [0.25, 0.3) is 0 Å². The topological polar surface area (TPSA) is 26.3 Å². The number of rotatable bonds is 1. The van der Waals surface area contributed by atoms with Crippen molar-refractivity contribution in [1.82, 2.24) is 0 Å². The van der Waals surface area contributed by atoms with Gasteiger partial charge in [-0.05, 0) is 12.8 Å². The average Bonchev–Trinajstić information content (AvgIpc) is 2.05. The van der Waals surface area contributed by atoms with Crippen molar-refractivity contribution < 1.29 is 8.98 Å². The van der Waals surface area contributed by atoms with Gasteiger partial charge in [0.2, 0.25) is 0 Å². The first-order chi connectivity index (χ1) is 4.84. The van der Waals surface area contributed by atoms with Crippen LogP contribution in [0.25, 0.3) is 0 Å². The number of carbonyl (C=O) groups excluding carboxylic acids is 1. The van der Waals surface area contributed by atoms with Crippen LogP contribution in [0.2, 0.25) is 0 Å². The molecule has 3 heteroatoms. The van der Waals surface area contributed by atoms with E-state index in [0.717, 1.165) is 25.7 Å². The monoisotopic (exact) mass is 160 g/mol. The minimum Gasteiger partial charge on any atom is -0.394 e. The third kappa shape index (κ3) is 1.90. The summed E-state index contributed by atoms with van der Waals surface area (Å²) in [6.45, 7) is 0. The Balaban J connectivity index is 2.31. The summed E-state index contributed by atoms with van der Waals surface area (Å²) in [5.41, 5.74) is 0. The highest BCUT2D eigenvalue weighted by molar-refractivity contribution is 7.75. The SMILES string of the molecule is O=C(OS)C1CCCCC1. The van der Waals surface area contributed by atoms with E-state index in [-0.39, 0.29) is 11.9 Å². The first kappa shape index (κ1) is 7.92. The molecule has 1 fully saturated rings. The van der Waals surface area contributed by atoms with E-state index in [1.165, 1.54) is 6.42 Å². The normalized spacial score (nSPS) is 20.5. The molecule has 0 unspecified atom stereocenters. The Kier molecular flexibility index (Phi) is 3.06. The molecule has 0 amide bonds. The summed E-state index contributed by atoms with van der Waals surface area (Å²) in [5, 5.41) is 0. The molecule has 1 aliphatic rings. The Morgan fingerprint density at radius 2 is 1.90 bits per heavy atom. The lowest BCUT2D eigenvalue weighted by atomic mass is 9.90. The van der Waals surface area contributed by atoms with Crippen molar-refractivity contribution in [3.8, 4) is 0 Å². The van der Waals surface area contributed by atoms with Crippen LogP contribution >= 0.6 is 12.9 Å². The van der Waals surface area contributed by atoms with E-state index < -0.39 is 0 Å². The molecule has 1 aliphatic carbocycles. The zero-order valence-electron chi connectivity index (χ0n) is 5.88. The molecule has 0 aromatic rings. The zero-order valence-corrected chi connectivity index (χ0v) is 6.77. The average molecular weight is 160 g/mol. The Bertz CT molecular complexity index is 119. The number of carbonyl (C=O) groups is 1. The van der Waals surface area contributed by atoms with Gasteiger partial charge in [0.15, 0.2) is 0 Å². The lowest BCUT2D eigenvalue weighted by Crippen LogP contribution is -2.17. The summed E-state index contributed by atoms with van der Waals surface area (Å²) in [7, 11) is 0. The van der Waals surface area contributed by atoms with Crippen LogP contribution < -0.4 is 0 Å². The van der Waals surface area contributed by atoms with Crippen molar-refractivity contribution >= 4 is 18.9 Å². The Morgan fingerprint density at radius 1 is 1.30 bits per heavy atom. The summed E-state index contributed by atoms with van der Waals surface area (Å²) in [6, 6.07) is 0. The van der Waals surface area contributed by atoms with E-state index in [1.54, 1.807) is 0 Å². The maximum absolute atomic E-state index is 10.9. The van der Waals surface area contributed by atoms with Gasteiger partial charge >= 0.3 is 5.97 Å². The van der Waals surface area contributed by atoms with Crippen molar-refractivity contribution in [2.75, 3.05) is 0 Å². The molecule has 0 spiro atoms. The van der Waals surface area contributed by atoms with Gasteiger partial charge in [-0.25, -0.2) is 0 Å². The number of hydrogen-bond donors (Lipinski definition) is 1. The third-order valence-electron chi connectivity index (χ3n) is 2.03. The first-order valence-corrected chi connectivity index (χ1v) is 4.06. The Labute approximate surface area is 66.6 Å². The summed E-state index contributed by atoms with van der Waals surface area (Å²) in [5.74, 6) is -0.0192. The van der Waals surface area contributed by atoms with Gasteiger partial charge in [-0.1, -0.05) is 19.3 Å². The first-order valence-electron chi connectivity index (χ1n) is 3.70. The minimum absolute atomic E-state index is 0.131. The lowest BCUT2D eigenvalue weighted by Gasteiger charge is -2.17. The molecular formula is C7H12O2S. The fourth-order valence-corrected chi connectivity index (χ4v) is 1.56. The molecule has 58 valence electrons. The van der Waals surface area contributed by atoms with Gasteiger partial charge in [-0.3, -0.25) is 4.79 Å². The Hall–Kier alpha value is -0.180. The van der Waals surface area contributed by atoms with Gasteiger partial charge in [0, 0.05) is 12.9 Å². The van der Waals surface area contributed by atoms with Crippen LogP contribution in [-0.2, 0) is 8.98 Å². The van der Waals surface area contributed by atoms with Crippen LogP contribution in [0.15, 0.2) is 0 Å². The second kappa shape index (κ2) is 3.86. The van der Waals surface area contributed by atoms with Crippen molar-refractivity contribution in [3.05, 3.63) is 0 Å². The predicted molar refractivity (Wildman–Crippen MR) is 41.7 cm³/mol. The molecule has 0 aliphatic heterocycles. The fraction of sp³-hybridized carbons (Fsp3) is 0.857. The van der Waals surface area contributed by atoms with Gasteiger partial charge in [0.1, 0.15) is 0 Å². The molecule has 2 nitrogen and oxygen atoms in total. The highest BCUT2D eigenvalue weighted by Gasteiger charge is 2.21. The summed E-state index contributed by atoms with van der Waals surface area (Å²) >= 11 is 3.48. The Morgan fingerprint density at radius 3 is 2.40 bits per heavy atom. The van der Waals surface area contributed by atoms with Crippen molar-refractivity contribution in [3.63, 3.8) is 0 Å². The molecule has 0 heterocycles. The van der Waals surface area contributed by atoms with Gasteiger partial charge in [0.05, 0.1) is 5.92 Å². The number of hydrogen-bond acceptors (Lipinski definition) is 3. The van der Waals surface area contributed by atoms with Gasteiger partial charge in [-0.2, -0.15) is 0 Å². The maximum Gasteiger partial charge on any atom is 0.320 e. The van der Waals surface area contributed by atoms with E-state index in [0.29, 0.717) is 0 Å². The molecule has 0 radical (unpaired) electrons. The third-order valence-corrected chi connectivity index (χ3v) is 2.21. The quantitative estimate of drug-likeness (QED) is 0.469. The molecule has 0 aromatic carbocycles. The van der Waals surface area contributed by atoms with Crippen molar-refractivity contribution in [2.24, 2.45) is 5.92 Å². The molecule has 0 aromatic heterocycles. The molecule has 0 bridgehead atoms. The van der Waals surface area contributed by atoms with Gasteiger partial charge < -0.3 is 4.18 Å². The molecule has 1 rings (SSSR count). The van der Waals surface area contributed by atoms with Crippen molar-refractivity contribution in [2.45, 2.75) is 32.1 Å². The highest BCUT2D eigenvalue weighted by Crippen LogP contribution is 2.24. The molecule has 1 saturated carbocycles. The highest BCUT2D eigenvalue weighted by atomic mass is 32.1. The molecule has 0 atom stereocenters. The smallest absolute Gasteiger partial charge is 0.320 e. The van der Waals surface area contributed by atoms with E-state index in [9.17, 15) is 4.79 Å². The molecule has 10 heavy (non-hydrogen) atoms. The van der Waals surface area contributed by atoms with Crippen molar-refractivity contribution in [1.29, 1.82) is 0 Å². The van der Waals surface area contributed by atoms with Crippen LogP contribution in [0.4, 0.5) is 0 Å². The lowest BCUT2D eigenvalue weighted by molar-refractivity contribution is -0.138. The summed E-state index contributed by atoms with van der Waals surface area (Å²) in [4.78, 5) is 10.9. The maximum atomic E-state index is 10.9. The minimum atomic E-state index is -0.150.